The first-order chi connectivity index (χ1) is 13.5. The van der Waals surface area contributed by atoms with Crippen molar-refractivity contribution in [3.63, 3.8) is 0 Å². The Morgan fingerprint density at radius 3 is 1.39 bits per heavy atom. The van der Waals surface area contributed by atoms with E-state index in [4.69, 9.17) is 14.2 Å². The number of carbonyl (C=O) groups is 3. The molecular weight excluding hydrogens is 362 g/mol. The standard InChI is InChI=1S/C21H26NO6/c1-4-19(23)26-15-12-22(13-16-27-20(24)5-2,14-17-28-21(25)6-3)18-10-8-7-9-11-18/h4-11H,1-3,12-17H2/q+1. The van der Waals surface area contributed by atoms with Gasteiger partial charge in [0, 0.05) is 18.2 Å². The Labute approximate surface area is 165 Å². The highest BCUT2D eigenvalue weighted by Gasteiger charge is 2.31. The zero-order valence-electron chi connectivity index (χ0n) is 15.9. The number of para-hydroxylation sites is 1. The van der Waals surface area contributed by atoms with E-state index in [9.17, 15) is 14.4 Å². The van der Waals surface area contributed by atoms with Crippen molar-refractivity contribution in [2.75, 3.05) is 39.5 Å². The molecule has 0 saturated heterocycles. The van der Waals surface area contributed by atoms with Crippen LogP contribution < -0.4 is 4.48 Å². The van der Waals surface area contributed by atoms with Gasteiger partial charge in [0.05, 0.1) is 0 Å². The van der Waals surface area contributed by atoms with Gasteiger partial charge in [0.2, 0.25) is 0 Å². The lowest BCUT2D eigenvalue weighted by atomic mass is 10.2. The smallest absolute Gasteiger partial charge is 0.330 e. The molecule has 0 aliphatic heterocycles. The average Bonchev–Trinajstić information content (AvgIpc) is 2.73. The van der Waals surface area contributed by atoms with E-state index < -0.39 is 17.9 Å². The molecule has 1 rings (SSSR count). The number of benzene rings is 1. The normalized spacial score (nSPS) is 10.4. The molecule has 0 radical (unpaired) electrons. The average molecular weight is 388 g/mol. The number of hydrogen-bond acceptors (Lipinski definition) is 6. The number of ether oxygens (including phenoxy) is 3. The molecule has 28 heavy (non-hydrogen) atoms. The second-order valence-corrected chi connectivity index (χ2v) is 5.77. The largest absolute Gasteiger partial charge is 0.457 e. The van der Waals surface area contributed by atoms with Crippen molar-refractivity contribution in [2.24, 2.45) is 0 Å². The van der Waals surface area contributed by atoms with Crippen LogP contribution in [0.1, 0.15) is 0 Å². The van der Waals surface area contributed by atoms with Crippen molar-refractivity contribution in [1.82, 2.24) is 4.48 Å². The summed E-state index contributed by atoms with van der Waals surface area (Å²) < 4.78 is 15.7. The molecule has 7 heteroatoms. The van der Waals surface area contributed by atoms with Crippen LogP contribution in [0.5, 0.6) is 0 Å². The number of quaternary nitrogens is 1. The molecule has 0 aliphatic carbocycles. The molecule has 0 aliphatic rings. The van der Waals surface area contributed by atoms with Crippen molar-refractivity contribution in [3.8, 4) is 0 Å². The molecule has 0 N–H and O–H groups in total. The Bertz CT molecular complexity index is 634. The zero-order chi connectivity index (χ0) is 20.8. The van der Waals surface area contributed by atoms with Gasteiger partial charge in [-0.25, -0.2) is 14.4 Å². The molecule has 0 amide bonds. The van der Waals surface area contributed by atoms with Gasteiger partial charge in [-0.2, -0.15) is 0 Å². The van der Waals surface area contributed by atoms with Crippen LogP contribution in [-0.4, -0.2) is 57.4 Å². The predicted molar refractivity (Wildman–Crippen MR) is 106 cm³/mol. The summed E-state index contributed by atoms with van der Waals surface area (Å²) in [6, 6.07) is 9.47. The summed E-state index contributed by atoms with van der Waals surface area (Å²) in [5, 5.41) is 0. The van der Waals surface area contributed by atoms with Gasteiger partial charge >= 0.3 is 17.9 Å². The molecule has 0 saturated carbocycles. The summed E-state index contributed by atoms with van der Waals surface area (Å²) in [7, 11) is 0. The monoisotopic (exact) mass is 388 g/mol. The van der Waals surface area contributed by atoms with E-state index in [1.807, 2.05) is 30.3 Å². The fourth-order valence-corrected chi connectivity index (χ4v) is 2.61. The van der Waals surface area contributed by atoms with E-state index >= 15 is 0 Å². The lowest BCUT2D eigenvalue weighted by Gasteiger charge is -2.37. The van der Waals surface area contributed by atoms with Crippen molar-refractivity contribution in [2.45, 2.75) is 0 Å². The number of carbonyl (C=O) groups excluding carboxylic acids is 3. The van der Waals surface area contributed by atoms with Gasteiger partial charge in [0.1, 0.15) is 45.1 Å². The first-order valence-corrected chi connectivity index (χ1v) is 8.76. The van der Waals surface area contributed by atoms with Crippen LogP contribution in [0.2, 0.25) is 0 Å². The molecule has 0 bridgehead atoms. The summed E-state index contributed by atoms with van der Waals surface area (Å²) in [6.07, 6.45) is 3.28. The summed E-state index contributed by atoms with van der Waals surface area (Å²) in [5.41, 5.74) is 0.904. The summed E-state index contributed by atoms with van der Waals surface area (Å²) in [6.45, 7) is 11.6. The van der Waals surface area contributed by atoms with E-state index in [2.05, 4.69) is 19.7 Å². The van der Waals surface area contributed by atoms with Gasteiger partial charge in [-0.05, 0) is 12.1 Å². The molecule has 1 aromatic carbocycles. The highest BCUT2D eigenvalue weighted by Crippen LogP contribution is 2.23. The van der Waals surface area contributed by atoms with Crippen LogP contribution in [0.15, 0.2) is 68.3 Å². The van der Waals surface area contributed by atoms with Gasteiger partial charge in [-0.1, -0.05) is 37.9 Å². The van der Waals surface area contributed by atoms with Gasteiger partial charge in [0.15, 0.2) is 0 Å². The van der Waals surface area contributed by atoms with Crippen LogP contribution in [0, 0.1) is 0 Å². The molecule has 0 fully saturated rings. The van der Waals surface area contributed by atoms with E-state index in [1.54, 1.807) is 0 Å². The van der Waals surface area contributed by atoms with Gasteiger partial charge in [-0.3, -0.25) is 4.48 Å². The number of nitrogens with zero attached hydrogens (tertiary/aromatic N) is 1. The molecule has 7 nitrogen and oxygen atoms in total. The second-order valence-electron chi connectivity index (χ2n) is 5.77. The maximum atomic E-state index is 11.4. The maximum absolute atomic E-state index is 11.4. The van der Waals surface area contributed by atoms with Crippen molar-refractivity contribution in [1.29, 1.82) is 0 Å². The molecule has 0 atom stereocenters. The lowest BCUT2D eigenvalue weighted by Crippen LogP contribution is -2.55. The van der Waals surface area contributed by atoms with Crippen molar-refractivity contribution < 1.29 is 28.6 Å². The predicted octanol–water partition coefficient (Wildman–Crippen LogP) is 2.18. The Morgan fingerprint density at radius 1 is 0.714 bits per heavy atom. The van der Waals surface area contributed by atoms with Crippen LogP contribution in [-0.2, 0) is 28.6 Å². The van der Waals surface area contributed by atoms with E-state index in [0.29, 0.717) is 19.6 Å². The number of rotatable bonds is 13. The molecule has 1 aromatic rings. The second kappa shape index (κ2) is 12.2. The minimum Gasteiger partial charge on any atom is -0.457 e. The van der Waals surface area contributed by atoms with Crippen LogP contribution >= 0.6 is 0 Å². The van der Waals surface area contributed by atoms with Crippen LogP contribution in [0.4, 0.5) is 5.69 Å². The van der Waals surface area contributed by atoms with Crippen molar-refractivity contribution >= 4 is 23.6 Å². The molecule has 150 valence electrons. The minimum absolute atomic E-state index is 0.116. The fraction of sp³-hybridized carbons (Fsp3) is 0.286. The highest BCUT2D eigenvalue weighted by atomic mass is 16.5. The molecule has 0 spiro atoms. The first-order valence-electron chi connectivity index (χ1n) is 8.76. The molecule has 0 unspecified atom stereocenters. The van der Waals surface area contributed by atoms with Gasteiger partial charge < -0.3 is 14.2 Å². The third kappa shape index (κ3) is 7.59. The SMILES string of the molecule is C=CC(=O)OCC[N+](CCOC(=O)C=C)(CCOC(=O)C=C)c1ccccc1. The first kappa shape index (κ1) is 22.9. The summed E-state index contributed by atoms with van der Waals surface area (Å²) in [4.78, 5) is 34.2. The zero-order valence-corrected chi connectivity index (χ0v) is 15.9. The van der Waals surface area contributed by atoms with Crippen LogP contribution in [0.3, 0.4) is 0 Å². The molecular formula is C21H26NO6+. The fourth-order valence-electron chi connectivity index (χ4n) is 2.61. The summed E-state index contributed by atoms with van der Waals surface area (Å²) in [5.74, 6) is -1.58. The Balaban J connectivity index is 3.03. The Kier molecular flexibility index (Phi) is 9.99. The van der Waals surface area contributed by atoms with Gasteiger partial charge in [0.25, 0.3) is 0 Å². The molecule has 0 heterocycles. The van der Waals surface area contributed by atoms with E-state index in [-0.39, 0.29) is 24.3 Å². The quantitative estimate of drug-likeness (QED) is 0.223. The van der Waals surface area contributed by atoms with Gasteiger partial charge in [-0.15, -0.1) is 0 Å². The van der Waals surface area contributed by atoms with Crippen LogP contribution in [0.25, 0.3) is 0 Å². The minimum atomic E-state index is -0.526. The third-order valence-corrected chi connectivity index (χ3v) is 4.09. The lowest BCUT2D eigenvalue weighted by molar-refractivity contribution is -0.138. The van der Waals surface area contributed by atoms with E-state index in [0.717, 1.165) is 23.9 Å². The van der Waals surface area contributed by atoms with E-state index in [1.165, 1.54) is 0 Å². The summed E-state index contributed by atoms with van der Waals surface area (Å²) >= 11 is 0. The highest BCUT2D eigenvalue weighted by molar-refractivity contribution is 5.81. The maximum Gasteiger partial charge on any atom is 0.330 e. The third-order valence-electron chi connectivity index (χ3n) is 4.09. The Hall–Kier alpha value is -3.19. The Morgan fingerprint density at radius 2 is 1.07 bits per heavy atom. The van der Waals surface area contributed by atoms with Crippen molar-refractivity contribution in [3.05, 3.63) is 68.3 Å². The number of esters is 3. The molecule has 0 aromatic heterocycles. The number of hydrogen-bond donors (Lipinski definition) is 0. The topological polar surface area (TPSA) is 78.9 Å².